The van der Waals surface area contributed by atoms with Gasteiger partial charge in [0.1, 0.15) is 6.04 Å². The molecule has 2 amide bonds. The molecule has 2 aliphatic rings. The minimum Gasteiger partial charge on any atom is -0.384 e. The Morgan fingerprint density at radius 1 is 1.17 bits per heavy atom. The summed E-state index contributed by atoms with van der Waals surface area (Å²) in [5, 5.41) is 30.6. The van der Waals surface area contributed by atoms with Gasteiger partial charge < -0.3 is 25.9 Å². The fraction of sp³-hybridized carbons (Fsp3) is 0.476. The van der Waals surface area contributed by atoms with Gasteiger partial charge in [-0.3, -0.25) is 15.0 Å². The van der Waals surface area contributed by atoms with Gasteiger partial charge >= 0.3 is 0 Å². The average molecular weight is 722 g/mol. The van der Waals surface area contributed by atoms with E-state index in [1.807, 2.05) is 37.2 Å². The van der Waals surface area contributed by atoms with Crippen LogP contribution in [0, 0.1) is 23.7 Å². The van der Waals surface area contributed by atoms with Gasteiger partial charge in [0.2, 0.25) is 5.91 Å². The number of nitrogens with one attached hydrogen (secondary N) is 2. The quantitative estimate of drug-likeness (QED) is 0.0733. The van der Waals surface area contributed by atoms with Gasteiger partial charge in [0.15, 0.2) is 5.84 Å². The van der Waals surface area contributed by atoms with Gasteiger partial charge in [0, 0.05) is 46.3 Å². The molecule has 1 aliphatic carbocycles. The number of rotatable bonds is 12. The summed E-state index contributed by atoms with van der Waals surface area (Å²) >= 11 is 0. The first-order valence-electron chi connectivity index (χ1n) is 18.4. The maximum absolute atomic E-state index is 13.5. The van der Waals surface area contributed by atoms with E-state index in [-0.39, 0.29) is 30.2 Å². The maximum atomic E-state index is 13.5. The molecule has 2 aromatic carbocycles. The summed E-state index contributed by atoms with van der Waals surface area (Å²) in [6.07, 6.45) is 8.48. The number of carbonyl (C=O) groups excluding carboxylic acids is 2. The van der Waals surface area contributed by atoms with Crippen LogP contribution >= 0.6 is 0 Å². The first kappa shape index (κ1) is 42.3. The lowest BCUT2D eigenvalue weighted by molar-refractivity contribution is -0.130. The van der Waals surface area contributed by atoms with Gasteiger partial charge in [-0.2, -0.15) is 5.26 Å². The number of nitrogens with two attached hydrogens (primary N) is 1. The Morgan fingerprint density at radius 2 is 1.85 bits per heavy atom. The molecule has 4 rings (SSSR count). The van der Waals surface area contributed by atoms with Crippen LogP contribution < -0.4 is 11.2 Å². The zero-order chi connectivity index (χ0) is 39.3. The molecule has 11 nitrogen and oxygen atoms in total. The highest BCUT2D eigenvalue weighted by Crippen LogP contribution is 2.47. The first-order chi connectivity index (χ1) is 25.2. The third-order valence-electron chi connectivity index (χ3n) is 9.95. The monoisotopic (exact) mass is 721 g/mol. The lowest BCUT2D eigenvalue weighted by Gasteiger charge is -2.40. The predicted octanol–water partition coefficient (Wildman–Crippen LogP) is 6.65. The largest absolute Gasteiger partial charge is 0.384 e. The Bertz CT molecular complexity index is 1750. The molecule has 1 heterocycles. The van der Waals surface area contributed by atoms with Crippen LogP contribution in [0.4, 0.5) is 0 Å². The number of amides is 2. The first-order valence-corrected chi connectivity index (χ1v) is 18.4. The van der Waals surface area contributed by atoms with Crippen molar-refractivity contribution < 1.29 is 9.59 Å². The maximum Gasteiger partial charge on any atom is 0.253 e. The van der Waals surface area contributed by atoms with E-state index in [4.69, 9.17) is 5.84 Å². The molecule has 53 heavy (non-hydrogen) atoms. The molecule has 0 radical (unpaired) electrons. The number of amidine groups is 1. The van der Waals surface area contributed by atoms with E-state index in [0.717, 1.165) is 51.8 Å². The molecule has 4 N–H and O–H groups in total. The van der Waals surface area contributed by atoms with Gasteiger partial charge in [-0.25, -0.2) is 0 Å². The molecule has 1 fully saturated rings. The van der Waals surface area contributed by atoms with Crippen molar-refractivity contribution >= 4 is 17.6 Å². The van der Waals surface area contributed by atoms with Gasteiger partial charge in [0.05, 0.1) is 18.0 Å². The van der Waals surface area contributed by atoms with E-state index in [0.29, 0.717) is 44.2 Å². The molecule has 2 aromatic rings. The Hall–Kier alpha value is -5.08. The van der Waals surface area contributed by atoms with E-state index in [9.17, 15) is 20.3 Å². The van der Waals surface area contributed by atoms with Crippen LogP contribution in [0.15, 0.2) is 88.4 Å². The number of hydrogen-bond acceptors (Lipinski definition) is 7. The fourth-order valence-corrected chi connectivity index (χ4v) is 7.37. The fourth-order valence-electron chi connectivity index (χ4n) is 7.37. The number of fused-ring (bicyclic) bond motifs is 1. The highest BCUT2D eigenvalue weighted by atomic mass is 16.2. The Morgan fingerprint density at radius 3 is 2.42 bits per heavy atom. The van der Waals surface area contributed by atoms with Crippen molar-refractivity contribution in [3.8, 4) is 6.07 Å². The highest BCUT2D eigenvalue weighted by Gasteiger charge is 2.46. The average Bonchev–Trinajstić information content (AvgIpc) is 3.57. The van der Waals surface area contributed by atoms with Crippen LogP contribution in [0.1, 0.15) is 85.5 Å². The van der Waals surface area contributed by atoms with E-state index in [1.165, 1.54) is 0 Å². The van der Waals surface area contributed by atoms with Gasteiger partial charge in [-0.05, 0) is 112 Å². The van der Waals surface area contributed by atoms with Crippen LogP contribution in [0.25, 0.3) is 0 Å². The third-order valence-corrected chi connectivity index (χ3v) is 9.95. The molecule has 0 aromatic heterocycles. The standard InChI is InChI=1S/C38H50N8O2.C4H9N/c1-7-33-28(19-25(2)3)14-15-29-21-30(36(48)45(5)6)16-17-34(29)38(33,37(40)43-44-41)22-31(20-27-12-10-26(4)11-13-27)42-24-35(47)46-18-8-9-32(46)23-39;1-4-5(2)3/h10-13,16-17,19,21,31-32,42H,7-9,14-15,18,20,22,24H2,1-6H3,(H3,40,41,43);4H,1H2,2-3H3. The van der Waals surface area contributed by atoms with Crippen molar-refractivity contribution in [3.05, 3.63) is 106 Å². The molecule has 3 atom stereocenters. The van der Waals surface area contributed by atoms with Crippen molar-refractivity contribution in [2.45, 2.75) is 90.1 Å². The molecule has 0 saturated carbocycles. The normalized spacial score (nSPS) is 18.5. The van der Waals surface area contributed by atoms with Crippen molar-refractivity contribution in [3.63, 3.8) is 0 Å². The highest BCUT2D eigenvalue weighted by molar-refractivity contribution is 5.97. The Kier molecular flexibility index (Phi) is 15.7. The second-order valence-corrected chi connectivity index (χ2v) is 14.6. The number of nitrogens with zero attached hydrogens (tertiary/aromatic N) is 6. The number of hydrogen-bond donors (Lipinski definition) is 3. The zero-order valence-electron chi connectivity index (χ0n) is 33.0. The van der Waals surface area contributed by atoms with Gasteiger partial charge in [0.25, 0.3) is 5.91 Å². The molecule has 11 heteroatoms. The number of nitriles is 1. The molecular formula is C42H59N9O2. The summed E-state index contributed by atoms with van der Waals surface area (Å²) in [4.78, 5) is 31.7. The second-order valence-electron chi connectivity index (χ2n) is 14.6. The minimum atomic E-state index is -1.06. The molecule has 3 unspecified atom stereocenters. The minimum absolute atomic E-state index is 0.0162. The SMILES string of the molecule is C=CN(C)C.CCC1=C(C=C(C)C)CCc2cc(C(=O)N(C)C)ccc2C1(CC(Cc1ccc(C)cc1)NCC(=O)N1CCCC1C#N)C(=N)N=NN. The lowest BCUT2D eigenvalue weighted by Crippen LogP contribution is -2.48. The van der Waals surface area contributed by atoms with E-state index < -0.39 is 11.5 Å². The van der Waals surface area contributed by atoms with Crippen LogP contribution in [0.3, 0.4) is 0 Å². The van der Waals surface area contributed by atoms with Crippen LogP contribution in [0.2, 0.25) is 0 Å². The summed E-state index contributed by atoms with van der Waals surface area (Å²) < 4.78 is 0. The topological polar surface area (TPSA) is 154 Å². The second kappa shape index (κ2) is 19.7. The van der Waals surface area contributed by atoms with E-state index in [2.05, 4.69) is 86.3 Å². The van der Waals surface area contributed by atoms with Crippen LogP contribution in [-0.4, -0.2) is 85.7 Å². The Labute approximate surface area is 316 Å². The molecule has 0 spiro atoms. The van der Waals surface area contributed by atoms with E-state index >= 15 is 0 Å². The van der Waals surface area contributed by atoms with Crippen molar-refractivity contribution in [1.29, 1.82) is 10.7 Å². The molecular weight excluding hydrogens is 663 g/mol. The molecule has 0 bridgehead atoms. The number of aryl methyl sites for hydroxylation is 2. The van der Waals surface area contributed by atoms with Crippen LogP contribution in [-0.2, 0) is 23.1 Å². The van der Waals surface area contributed by atoms with Crippen molar-refractivity contribution in [2.75, 3.05) is 41.3 Å². The van der Waals surface area contributed by atoms with Crippen molar-refractivity contribution in [2.24, 2.45) is 16.2 Å². The number of allylic oxidation sites excluding steroid dienone is 3. The van der Waals surface area contributed by atoms with Crippen molar-refractivity contribution in [1.82, 2.24) is 20.0 Å². The number of benzene rings is 2. The summed E-state index contributed by atoms with van der Waals surface area (Å²) in [5.41, 5.74) is 6.97. The zero-order valence-corrected chi connectivity index (χ0v) is 33.0. The lowest BCUT2D eigenvalue weighted by atomic mass is 9.65. The smallest absolute Gasteiger partial charge is 0.253 e. The summed E-state index contributed by atoms with van der Waals surface area (Å²) in [6.45, 7) is 12.4. The molecule has 284 valence electrons. The van der Waals surface area contributed by atoms with E-state index in [1.54, 1.807) is 30.1 Å². The number of carbonyl (C=O) groups is 2. The summed E-state index contributed by atoms with van der Waals surface area (Å²) in [7, 11) is 7.35. The summed E-state index contributed by atoms with van der Waals surface area (Å²) in [6, 6.07) is 15.7. The Balaban J connectivity index is 0.00000141. The molecule has 1 aliphatic heterocycles. The number of likely N-dealkylation sites (tertiary alicyclic amines) is 1. The molecule has 1 saturated heterocycles. The van der Waals surface area contributed by atoms with Gasteiger partial charge in [-0.15, -0.1) is 5.11 Å². The predicted molar refractivity (Wildman–Crippen MR) is 213 cm³/mol. The third kappa shape index (κ3) is 10.7. The van der Waals surface area contributed by atoms with Crippen LogP contribution in [0.5, 0.6) is 0 Å². The van der Waals surface area contributed by atoms with Gasteiger partial charge in [-0.1, -0.05) is 66.3 Å². The summed E-state index contributed by atoms with van der Waals surface area (Å²) in [5.74, 6) is 5.48.